The van der Waals surface area contributed by atoms with Gasteiger partial charge in [0.2, 0.25) is 0 Å². The molecule has 1 atom stereocenters. The van der Waals surface area contributed by atoms with E-state index in [0.717, 1.165) is 24.4 Å². The van der Waals surface area contributed by atoms with Crippen LogP contribution in [0.1, 0.15) is 11.6 Å². The molecule has 17 heavy (non-hydrogen) atoms. The molecule has 4 heteroatoms. The molecule has 0 bridgehead atoms. The standard InChI is InChI=1S/C13H17N3O/c1-15-11-8-16(9-11)13(7-14)10-4-3-5-12(6-10)17-2/h3-6,11,13,15H,8-9H2,1-2H3/t13-/m1/s1. The third-order valence-electron chi connectivity index (χ3n) is 3.22. The molecule has 1 aromatic rings. The Morgan fingerprint density at radius 3 is 2.88 bits per heavy atom. The minimum absolute atomic E-state index is 0.172. The summed E-state index contributed by atoms with van der Waals surface area (Å²) in [4.78, 5) is 2.16. The molecular weight excluding hydrogens is 214 g/mol. The largest absolute Gasteiger partial charge is 0.497 e. The van der Waals surface area contributed by atoms with E-state index in [-0.39, 0.29) is 6.04 Å². The van der Waals surface area contributed by atoms with Gasteiger partial charge >= 0.3 is 0 Å². The number of nitrogens with zero attached hydrogens (tertiary/aromatic N) is 2. The summed E-state index contributed by atoms with van der Waals surface area (Å²) >= 11 is 0. The van der Waals surface area contributed by atoms with Crippen molar-refractivity contribution < 1.29 is 4.74 Å². The molecule has 1 N–H and O–H groups in total. The number of likely N-dealkylation sites (N-methyl/N-ethyl adjacent to an activating group) is 1. The van der Waals surface area contributed by atoms with Gasteiger partial charge in [0.1, 0.15) is 11.8 Å². The molecule has 1 heterocycles. The van der Waals surface area contributed by atoms with Crippen LogP contribution in [0.25, 0.3) is 0 Å². The summed E-state index contributed by atoms with van der Waals surface area (Å²) < 4.78 is 5.18. The first-order valence-corrected chi connectivity index (χ1v) is 5.73. The van der Waals surface area contributed by atoms with Gasteiger partial charge in [-0.3, -0.25) is 4.90 Å². The zero-order valence-corrected chi connectivity index (χ0v) is 10.2. The van der Waals surface area contributed by atoms with E-state index in [1.54, 1.807) is 7.11 Å². The Labute approximate surface area is 102 Å². The van der Waals surface area contributed by atoms with Gasteiger partial charge in [-0.15, -0.1) is 0 Å². The highest BCUT2D eigenvalue weighted by Crippen LogP contribution is 2.27. The topological polar surface area (TPSA) is 48.3 Å². The van der Waals surface area contributed by atoms with E-state index < -0.39 is 0 Å². The normalized spacial score (nSPS) is 18.2. The van der Waals surface area contributed by atoms with Crippen LogP contribution in [0.5, 0.6) is 5.75 Å². The number of likely N-dealkylation sites (tertiary alicyclic amines) is 1. The number of hydrogen-bond donors (Lipinski definition) is 1. The van der Waals surface area contributed by atoms with Crippen LogP contribution in [-0.2, 0) is 0 Å². The number of benzene rings is 1. The highest BCUT2D eigenvalue weighted by molar-refractivity contribution is 5.33. The monoisotopic (exact) mass is 231 g/mol. The first-order valence-electron chi connectivity index (χ1n) is 5.73. The van der Waals surface area contributed by atoms with Gasteiger partial charge < -0.3 is 10.1 Å². The Bertz CT molecular complexity index is 421. The van der Waals surface area contributed by atoms with Crippen molar-refractivity contribution in [1.29, 1.82) is 5.26 Å². The number of methoxy groups -OCH3 is 1. The van der Waals surface area contributed by atoms with Crippen molar-refractivity contribution in [2.24, 2.45) is 0 Å². The molecule has 0 spiro atoms. The van der Waals surface area contributed by atoms with E-state index in [1.807, 2.05) is 31.3 Å². The van der Waals surface area contributed by atoms with Gasteiger partial charge in [0.05, 0.1) is 13.2 Å². The van der Waals surface area contributed by atoms with Gasteiger partial charge in [-0.05, 0) is 24.7 Å². The van der Waals surface area contributed by atoms with E-state index in [9.17, 15) is 5.26 Å². The van der Waals surface area contributed by atoms with E-state index in [2.05, 4.69) is 16.3 Å². The minimum Gasteiger partial charge on any atom is -0.497 e. The Morgan fingerprint density at radius 1 is 1.53 bits per heavy atom. The van der Waals surface area contributed by atoms with Gasteiger partial charge in [0, 0.05) is 19.1 Å². The first kappa shape index (κ1) is 11.9. The molecule has 1 aliphatic rings. The fourth-order valence-corrected chi connectivity index (χ4v) is 2.08. The van der Waals surface area contributed by atoms with Crippen LogP contribution < -0.4 is 10.1 Å². The third kappa shape index (κ3) is 2.41. The lowest BCUT2D eigenvalue weighted by molar-refractivity contribution is 0.104. The summed E-state index contributed by atoms with van der Waals surface area (Å²) in [6.07, 6.45) is 0. The quantitative estimate of drug-likeness (QED) is 0.845. The number of hydrogen-bond acceptors (Lipinski definition) is 4. The highest BCUT2D eigenvalue weighted by Gasteiger charge is 2.32. The second kappa shape index (κ2) is 5.17. The molecule has 0 saturated carbocycles. The summed E-state index contributed by atoms with van der Waals surface area (Å²) in [6.45, 7) is 1.85. The van der Waals surface area contributed by atoms with E-state index in [0.29, 0.717) is 6.04 Å². The van der Waals surface area contributed by atoms with Gasteiger partial charge in [0.15, 0.2) is 0 Å². The van der Waals surface area contributed by atoms with Crippen LogP contribution in [0.15, 0.2) is 24.3 Å². The third-order valence-corrected chi connectivity index (χ3v) is 3.22. The first-order chi connectivity index (χ1) is 8.28. The maximum Gasteiger partial charge on any atom is 0.124 e. The Balaban J connectivity index is 2.11. The van der Waals surface area contributed by atoms with Crippen molar-refractivity contribution in [2.75, 3.05) is 27.2 Å². The lowest BCUT2D eigenvalue weighted by Gasteiger charge is -2.41. The highest BCUT2D eigenvalue weighted by atomic mass is 16.5. The van der Waals surface area contributed by atoms with Crippen LogP contribution in [0, 0.1) is 11.3 Å². The minimum atomic E-state index is -0.172. The van der Waals surface area contributed by atoms with Gasteiger partial charge in [0.25, 0.3) is 0 Å². The number of nitrogens with one attached hydrogen (secondary N) is 1. The summed E-state index contributed by atoms with van der Waals surface area (Å²) in [6, 6.07) is 10.4. The molecule has 2 rings (SSSR count). The average Bonchev–Trinajstić information content (AvgIpc) is 2.33. The summed E-state index contributed by atoms with van der Waals surface area (Å²) in [5.41, 5.74) is 1.00. The van der Waals surface area contributed by atoms with E-state index >= 15 is 0 Å². The predicted octanol–water partition coefficient (Wildman–Crippen LogP) is 1.16. The zero-order valence-electron chi connectivity index (χ0n) is 10.2. The van der Waals surface area contributed by atoms with E-state index in [1.165, 1.54) is 0 Å². The average molecular weight is 231 g/mol. The van der Waals surface area contributed by atoms with E-state index in [4.69, 9.17) is 4.74 Å². The molecule has 4 nitrogen and oxygen atoms in total. The van der Waals surface area contributed by atoms with Gasteiger partial charge in [-0.25, -0.2) is 0 Å². The van der Waals surface area contributed by atoms with Gasteiger partial charge in [-0.2, -0.15) is 5.26 Å². The van der Waals surface area contributed by atoms with Crippen LogP contribution in [0.3, 0.4) is 0 Å². The summed E-state index contributed by atoms with van der Waals surface area (Å²) in [7, 11) is 3.59. The number of rotatable bonds is 4. The maximum absolute atomic E-state index is 9.28. The molecular formula is C13H17N3O. The van der Waals surface area contributed by atoms with Crippen LogP contribution >= 0.6 is 0 Å². The Hall–Kier alpha value is -1.57. The summed E-state index contributed by atoms with van der Waals surface area (Å²) in [5, 5.41) is 12.5. The molecule has 0 aliphatic carbocycles. The molecule has 1 saturated heterocycles. The van der Waals surface area contributed by atoms with Crippen molar-refractivity contribution in [3.63, 3.8) is 0 Å². The molecule has 1 aliphatic heterocycles. The molecule has 0 radical (unpaired) electrons. The smallest absolute Gasteiger partial charge is 0.124 e. The SMILES string of the molecule is CNC1CN([C@H](C#N)c2cccc(OC)c2)C1. The number of ether oxygens (including phenoxy) is 1. The zero-order chi connectivity index (χ0) is 12.3. The molecule has 0 unspecified atom stereocenters. The van der Waals surface area contributed by atoms with Crippen molar-refractivity contribution in [3.8, 4) is 11.8 Å². The van der Waals surface area contributed by atoms with Crippen LogP contribution in [0.2, 0.25) is 0 Å². The fraction of sp³-hybridized carbons (Fsp3) is 0.462. The fourth-order valence-electron chi connectivity index (χ4n) is 2.08. The van der Waals surface area contributed by atoms with Crippen molar-refractivity contribution >= 4 is 0 Å². The molecule has 0 amide bonds. The molecule has 1 fully saturated rings. The van der Waals surface area contributed by atoms with Crippen molar-refractivity contribution in [2.45, 2.75) is 12.1 Å². The molecule has 90 valence electrons. The Kier molecular flexibility index (Phi) is 3.62. The number of nitriles is 1. The second-order valence-corrected chi connectivity index (χ2v) is 4.25. The van der Waals surface area contributed by atoms with Crippen LogP contribution in [-0.4, -0.2) is 38.2 Å². The Morgan fingerprint density at radius 2 is 2.29 bits per heavy atom. The molecule has 1 aromatic carbocycles. The predicted molar refractivity (Wildman–Crippen MR) is 65.8 cm³/mol. The lowest BCUT2D eigenvalue weighted by atomic mass is 10.00. The lowest BCUT2D eigenvalue weighted by Crippen LogP contribution is -2.57. The second-order valence-electron chi connectivity index (χ2n) is 4.25. The van der Waals surface area contributed by atoms with Crippen LogP contribution in [0.4, 0.5) is 0 Å². The van der Waals surface area contributed by atoms with Crippen molar-refractivity contribution in [1.82, 2.24) is 10.2 Å². The maximum atomic E-state index is 9.28. The van der Waals surface area contributed by atoms with Gasteiger partial charge in [-0.1, -0.05) is 12.1 Å². The summed E-state index contributed by atoms with van der Waals surface area (Å²) in [5.74, 6) is 0.799. The van der Waals surface area contributed by atoms with Crippen molar-refractivity contribution in [3.05, 3.63) is 29.8 Å². The molecule has 0 aromatic heterocycles.